The standard InChI is InChI=1S/C36H23N9O5.Zn/c46-28(47)16-19(17-29(48)49)50-18-13-14-24-26(15-18)36-42-34(24)40-32-21-8-2-1-7-20(21)30(38-32)37-31-22-9-3-4-10-23(22)33(39-31)41-35-25-11-5-6-12-27(25)45(43-35)44-36;/h1-15,19H,16-17H2,(H3,37,38,39,40,41,42,43,44,46,47,48,49);/q;+2/p-1. The van der Waals surface area contributed by atoms with Gasteiger partial charge in [-0.15, -0.1) is 0 Å². The summed E-state index contributed by atoms with van der Waals surface area (Å²) in [7, 11) is 0. The Labute approximate surface area is 299 Å². The monoisotopic (exact) mass is 724 g/mol. The van der Waals surface area contributed by atoms with Gasteiger partial charge in [0.05, 0.1) is 35.7 Å². The molecule has 5 heterocycles. The summed E-state index contributed by atoms with van der Waals surface area (Å²) in [6.45, 7) is 0. The first-order valence-electron chi connectivity index (χ1n) is 15.5. The second-order valence-corrected chi connectivity index (χ2v) is 11.7. The van der Waals surface area contributed by atoms with Gasteiger partial charge in [-0.05, 0) is 40.4 Å². The van der Waals surface area contributed by atoms with Crippen LogP contribution < -0.4 is 19.5 Å². The van der Waals surface area contributed by atoms with Crippen molar-refractivity contribution >= 4 is 56.1 Å². The van der Waals surface area contributed by atoms with Crippen molar-refractivity contribution in [1.82, 2.24) is 40.1 Å². The summed E-state index contributed by atoms with van der Waals surface area (Å²) >= 11 is 0. The molecule has 2 aliphatic rings. The van der Waals surface area contributed by atoms with Gasteiger partial charge in [0.2, 0.25) is 0 Å². The maximum atomic E-state index is 11.5. The molecule has 0 radical (unpaired) electrons. The zero-order valence-electron chi connectivity index (χ0n) is 26.5. The number of carbonyl (C=O) groups is 2. The van der Waals surface area contributed by atoms with Gasteiger partial charge in [-0.1, -0.05) is 65.8 Å². The number of para-hydroxylation sites is 1. The number of rotatable bonds is 6. The topological polar surface area (TPSA) is 193 Å². The summed E-state index contributed by atoms with van der Waals surface area (Å²) in [6, 6.07) is 27.9. The van der Waals surface area contributed by atoms with Gasteiger partial charge in [-0.25, -0.2) is 4.98 Å². The van der Waals surface area contributed by atoms with E-state index in [4.69, 9.17) is 44.8 Å². The molecule has 0 saturated heterocycles. The molecule has 9 rings (SSSR count). The molecular formula is C36H22N9O5Zn+. The SMILES string of the molecule is O=C(O)CC(CC(=O)O)Oc1ccc2c3nc4nc(nc5[n-]c(nc6n[n+](nc([n-]3)c2c1)-c1ccccc1-6)c1ccccc51)-c1ccccc1-4.[Zn+2]. The number of nitrogens with zero attached hydrogens (tertiary/aromatic N) is 9. The minimum Gasteiger partial charge on any atom is -0.489 e. The fraction of sp³-hybridized carbons (Fsp3) is 0.0833. The molecule has 51 heavy (non-hydrogen) atoms. The number of carboxylic acid groups (broad SMARTS) is 2. The molecule has 3 aromatic heterocycles. The molecule has 0 unspecified atom stereocenters. The van der Waals surface area contributed by atoms with E-state index in [0.29, 0.717) is 50.9 Å². The second kappa shape index (κ2) is 12.5. The van der Waals surface area contributed by atoms with Gasteiger partial charge >= 0.3 is 31.4 Å². The third kappa shape index (κ3) is 5.63. The Bertz CT molecular complexity index is 2720. The molecule has 14 nitrogen and oxygen atoms in total. The van der Waals surface area contributed by atoms with E-state index in [9.17, 15) is 19.8 Å². The second-order valence-electron chi connectivity index (χ2n) is 11.7. The third-order valence-electron chi connectivity index (χ3n) is 8.41. The molecule has 2 N–H and O–H groups in total. The number of aliphatic carboxylic acids is 2. The summed E-state index contributed by atoms with van der Waals surface area (Å²) in [6.07, 6.45) is -2.09. The molecule has 15 heteroatoms. The van der Waals surface area contributed by atoms with Gasteiger partial charge in [0, 0.05) is 49.4 Å². The van der Waals surface area contributed by atoms with Crippen LogP contribution in [0.5, 0.6) is 5.75 Å². The van der Waals surface area contributed by atoms with E-state index in [1.807, 2.05) is 72.8 Å². The Hall–Kier alpha value is -6.47. The van der Waals surface area contributed by atoms with E-state index >= 15 is 0 Å². The Morgan fingerprint density at radius 2 is 1.14 bits per heavy atom. The number of ether oxygens (including phenoxy) is 1. The number of benzene rings is 4. The van der Waals surface area contributed by atoms with Crippen molar-refractivity contribution in [2.24, 2.45) is 0 Å². The predicted molar refractivity (Wildman–Crippen MR) is 179 cm³/mol. The van der Waals surface area contributed by atoms with E-state index in [1.54, 1.807) is 18.2 Å². The zero-order chi connectivity index (χ0) is 33.9. The van der Waals surface area contributed by atoms with Crippen LogP contribution in [0.25, 0.3) is 84.0 Å². The van der Waals surface area contributed by atoms with Crippen LogP contribution in [0.3, 0.4) is 0 Å². The van der Waals surface area contributed by atoms with E-state index < -0.39 is 30.9 Å². The summed E-state index contributed by atoms with van der Waals surface area (Å²) < 4.78 is 5.88. The minimum absolute atomic E-state index is 0. The zero-order valence-corrected chi connectivity index (χ0v) is 29.5. The number of hydrogen-bond donors (Lipinski definition) is 2. The molecular weight excluding hydrogens is 704 g/mol. The molecule has 0 fully saturated rings. The molecule has 0 amide bonds. The first-order valence-corrected chi connectivity index (χ1v) is 15.5. The van der Waals surface area contributed by atoms with Crippen LogP contribution in [0, 0.1) is 0 Å². The number of hydrogen-bond acceptors (Lipinski definition) is 9. The van der Waals surface area contributed by atoms with Gasteiger partial charge in [-0.2, -0.15) is 0 Å². The third-order valence-corrected chi connectivity index (χ3v) is 8.41. The van der Waals surface area contributed by atoms with Crippen LogP contribution in [-0.4, -0.2) is 58.4 Å². The fourth-order valence-corrected chi connectivity index (χ4v) is 6.21. The van der Waals surface area contributed by atoms with Crippen LogP contribution in [0.1, 0.15) is 12.8 Å². The quantitative estimate of drug-likeness (QED) is 0.181. The van der Waals surface area contributed by atoms with E-state index in [1.165, 1.54) is 4.80 Å². The normalized spacial score (nSPS) is 11.6. The van der Waals surface area contributed by atoms with Crippen LogP contribution in [0.4, 0.5) is 0 Å². The molecule has 8 bridgehead atoms. The van der Waals surface area contributed by atoms with Gasteiger partial charge in [0.25, 0.3) is 5.69 Å². The van der Waals surface area contributed by atoms with E-state index in [-0.39, 0.29) is 30.9 Å². The summed E-state index contributed by atoms with van der Waals surface area (Å²) in [5.74, 6) is -0.887. The van der Waals surface area contributed by atoms with Crippen molar-refractivity contribution in [3.8, 4) is 45.6 Å². The Morgan fingerprint density at radius 1 is 0.608 bits per heavy atom. The molecule has 0 spiro atoms. The smallest absolute Gasteiger partial charge is 0.489 e. The number of fused-ring (bicyclic) bond motifs is 20. The van der Waals surface area contributed by atoms with Gasteiger partial charge in [0.15, 0.2) is 5.82 Å². The van der Waals surface area contributed by atoms with E-state index in [0.717, 1.165) is 27.5 Å². The molecule has 0 atom stereocenters. The van der Waals surface area contributed by atoms with Crippen LogP contribution in [0.2, 0.25) is 0 Å². The summed E-state index contributed by atoms with van der Waals surface area (Å²) in [5, 5.41) is 31.1. The van der Waals surface area contributed by atoms with Gasteiger partial charge < -0.3 is 39.9 Å². The first-order chi connectivity index (χ1) is 24.4. The average Bonchev–Trinajstić information content (AvgIpc) is 3.83. The van der Waals surface area contributed by atoms with Crippen molar-refractivity contribution in [2.45, 2.75) is 18.9 Å². The minimum atomic E-state index is -1.18. The molecule has 0 saturated carbocycles. The number of carboxylic acids is 2. The van der Waals surface area contributed by atoms with Crippen LogP contribution in [0.15, 0.2) is 91.0 Å². The molecule has 0 aliphatic carbocycles. The molecule has 242 valence electrons. The fourth-order valence-electron chi connectivity index (χ4n) is 6.21. The van der Waals surface area contributed by atoms with Crippen molar-refractivity contribution in [3.05, 3.63) is 91.0 Å². The summed E-state index contributed by atoms with van der Waals surface area (Å²) in [4.78, 5) is 53.6. The van der Waals surface area contributed by atoms with Crippen LogP contribution >= 0.6 is 0 Å². The predicted octanol–water partition coefficient (Wildman–Crippen LogP) is 4.43. The molecule has 2 aliphatic heterocycles. The Balaban J connectivity index is 0.00000374. The van der Waals surface area contributed by atoms with E-state index in [2.05, 4.69) is 0 Å². The number of aromatic nitrogens is 9. The maximum absolute atomic E-state index is 11.5. The van der Waals surface area contributed by atoms with Gasteiger partial charge in [0.1, 0.15) is 11.9 Å². The first kappa shape index (κ1) is 31.8. The Kier molecular flexibility index (Phi) is 7.76. The largest absolute Gasteiger partial charge is 2.00 e. The maximum Gasteiger partial charge on any atom is 2.00 e. The average molecular weight is 726 g/mol. The van der Waals surface area contributed by atoms with Crippen molar-refractivity contribution in [2.75, 3.05) is 0 Å². The van der Waals surface area contributed by atoms with Crippen molar-refractivity contribution in [1.29, 1.82) is 0 Å². The van der Waals surface area contributed by atoms with Gasteiger partial charge in [-0.3, -0.25) is 9.59 Å². The van der Waals surface area contributed by atoms with Crippen molar-refractivity contribution in [3.63, 3.8) is 0 Å². The molecule has 4 aromatic carbocycles. The van der Waals surface area contributed by atoms with Crippen molar-refractivity contribution < 1.29 is 48.8 Å². The Morgan fingerprint density at radius 3 is 1.76 bits per heavy atom. The van der Waals surface area contributed by atoms with Crippen LogP contribution in [-0.2, 0) is 29.1 Å². The summed E-state index contributed by atoms with van der Waals surface area (Å²) in [5.41, 5.74) is 4.40. The molecule has 7 aromatic rings.